The van der Waals surface area contributed by atoms with Crippen molar-refractivity contribution in [3.05, 3.63) is 71.4 Å². The molecule has 0 saturated carbocycles. The number of para-hydroxylation sites is 1. The Bertz CT molecular complexity index is 847. The van der Waals surface area contributed by atoms with E-state index in [4.69, 9.17) is 0 Å². The number of hydrogen-bond donors (Lipinski definition) is 0. The molecule has 0 aliphatic carbocycles. The van der Waals surface area contributed by atoms with E-state index < -0.39 is 0 Å². The van der Waals surface area contributed by atoms with Crippen molar-refractivity contribution in [2.45, 2.75) is 6.92 Å². The largest absolute Gasteiger partial charge is 0.284 e. The summed E-state index contributed by atoms with van der Waals surface area (Å²) in [5, 5.41) is 4.00. The van der Waals surface area contributed by atoms with Crippen LogP contribution in [0.3, 0.4) is 0 Å². The van der Waals surface area contributed by atoms with Crippen molar-refractivity contribution in [3.63, 3.8) is 0 Å². The van der Waals surface area contributed by atoms with Crippen molar-refractivity contribution in [2.75, 3.05) is 0 Å². The summed E-state index contributed by atoms with van der Waals surface area (Å²) < 4.78 is 2.84. The number of rotatable bonds is 2. The van der Waals surface area contributed by atoms with Gasteiger partial charge in [0.05, 0.1) is 6.20 Å². The second-order valence-electron chi connectivity index (χ2n) is 4.65. The van der Waals surface area contributed by atoms with E-state index in [-0.39, 0.29) is 11.5 Å². The molecule has 5 nitrogen and oxygen atoms in total. The monoisotopic (exact) mass is 279 g/mol. The number of nitrogens with zero attached hydrogens (tertiary/aromatic N) is 3. The molecule has 0 bridgehead atoms. The van der Waals surface area contributed by atoms with E-state index in [0.29, 0.717) is 0 Å². The number of pyridine rings is 1. The van der Waals surface area contributed by atoms with Crippen LogP contribution in [0, 0.1) is 0 Å². The van der Waals surface area contributed by atoms with E-state index in [0.717, 1.165) is 16.8 Å². The van der Waals surface area contributed by atoms with Gasteiger partial charge in [-0.1, -0.05) is 18.2 Å². The highest BCUT2D eigenvalue weighted by molar-refractivity contribution is 5.76. The molecule has 3 aromatic rings. The van der Waals surface area contributed by atoms with E-state index in [1.807, 2.05) is 30.3 Å². The topological polar surface area (TPSA) is 56.9 Å². The molecule has 0 spiro atoms. The van der Waals surface area contributed by atoms with Gasteiger partial charge < -0.3 is 0 Å². The number of hydrogen-bond acceptors (Lipinski definition) is 3. The molecule has 0 fully saturated rings. The lowest BCUT2D eigenvalue weighted by molar-refractivity contribution is 0.0921. The molecule has 3 rings (SSSR count). The van der Waals surface area contributed by atoms with Gasteiger partial charge in [-0.15, -0.1) is 0 Å². The number of aromatic nitrogens is 3. The van der Waals surface area contributed by atoms with Crippen LogP contribution in [0.15, 0.2) is 65.8 Å². The van der Waals surface area contributed by atoms with E-state index >= 15 is 0 Å². The van der Waals surface area contributed by atoms with E-state index in [9.17, 15) is 9.59 Å². The molecule has 0 unspecified atom stereocenters. The fraction of sp³-hybridized carbons (Fsp3) is 0.0625. The zero-order valence-corrected chi connectivity index (χ0v) is 11.4. The fourth-order valence-electron chi connectivity index (χ4n) is 2.09. The predicted molar refractivity (Wildman–Crippen MR) is 79.6 cm³/mol. The van der Waals surface area contributed by atoms with Crippen molar-refractivity contribution in [1.29, 1.82) is 0 Å². The minimum Gasteiger partial charge on any atom is -0.284 e. The highest BCUT2D eigenvalue weighted by atomic mass is 16.2. The van der Waals surface area contributed by atoms with E-state index in [2.05, 4.69) is 5.10 Å². The minimum absolute atomic E-state index is 0.107. The van der Waals surface area contributed by atoms with Crippen molar-refractivity contribution < 1.29 is 4.79 Å². The van der Waals surface area contributed by atoms with Crippen LogP contribution < -0.4 is 5.56 Å². The average molecular weight is 279 g/mol. The molecule has 2 aromatic heterocycles. The summed E-state index contributed by atoms with van der Waals surface area (Å²) in [7, 11) is 0. The first kappa shape index (κ1) is 13.1. The lowest BCUT2D eigenvalue weighted by atomic mass is 10.1. The Morgan fingerprint density at radius 1 is 1.00 bits per heavy atom. The quantitative estimate of drug-likeness (QED) is 0.723. The third kappa shape index (κ3) is 2.53. The zero-order chi connectivity index (χ0) is 14.8. The minimum atomic E-state index is -0.155. The Labute approximate surface area is 121 Å². The Kier molecular flexibility index (Phi) is 3.23. The molecule has 0 saturated heterocycles. The smallest absolute Gasteiger partial charge is 0.255 e. The summed E-state index contributed by atoms with van der Waals surface area (Å²) in [6.45, 7) is 1.45. The maximum absolute atomic E-state index is 12.0. The SMILES string of the molecule is CC(=O)n1cc(-c2ccc(=O)n(-c3ccccc3)c2)cn1. The van der Waals surface area contributed by atoms with Crippen LogP contribution in [0.25, 0.3) is 16.8 Å². The fourth-order valence-corrected chi connectivity index (χ4v) is 2.09. The molecule has 21 heavy (non-hydrogen) atoms. The van der Waals surface area contributed by atoms with E-state index in [1.165, 1.54) is 17.7 Å². The first-order valence-electron chi connectivity index (χ1n) is 6.49. The van der Waals surface area contributed by atoms with Gasteiger partial charge in [0, 0.05) is 42.2 Å². The number of benzene rings is 1. The molecule has 104 valence electrons. The van der Waals surface area contributed by atoms with Crippen molar-refractivity contribution in [2.24, 2.45) is 0 Å². The van der Waals surface area contributed by atoms with Crippen molar-refractivity contribution in [1.82, 2.24) is 14.3 Å². The second-order valence-corrected chi connectivity index (χ2v) is 4.65. The molecule has 0 N–H and O–H groups in total. The van der Waals surface area contributed by atoms with Gasteiger partial charge in [-0.05, 0) is 18.2 Å². The summed E-state index contributed by atoms with van der Waals surface area (Å²) in [6, 6.07) is 12.6. The van der Waals surface area contributed by atoms with Crippen LogP contribution in [0.1, 0.15) is 11.7 Å². The van der Waals surface area contributed by atoms with Crippen LogP contribution in [0.2, 0.25) is 0 Å². The summed E-state index contributed by atoms with van der Waals surface area (Å²) in [5.74, 6) is -0.155. The molecule has 0 amide bonds. The summed E-state index contributed by atoms with van der Waals surface area (Å²) in [6.07, 6.45) is 5.01. The Hall–Kier alpha value is -2.95. The maximum atomic E-state index is 12.0. The molecule has 1 aromatic carbocycles. The van der Waals surface area contributed by atoms with Crippen LogP contribution in [0.4, 0.5) is 0 Å². The highest BCUT2D eigenvalue weighted by Crippen LogP contribution is 2.18. The standard InChI is InChI=1S/C16H13N3O2/c1-12(20)19-11-14(9-17-19)13-7-8-16(21)18(10-13)15-5-3-2-4-6-15/h2-11H,1H3. The van der Waals surface area contributed by atoms with Gasteiger partial charge in [-0.25, -0.2) is 4.68 Å². The summed E-state index contributed by atoms with van der Waals surface area (Å²) >= 11 is 0. The second kappa shape index (κ2) is 5.20. The molecule has 0 atom stereocenters. The average Bonchev–Trinajstić information content (AvgIpc) is 2.99. The lowest BCUT2D eigenvalue weighted by Gasteiger charge is -2.07. The molecule has 0 aliphatic heterocycles. The van der Waals surface area contributed by atoms with Crippen molar-refractivity contribution >= 4 is 5.91 Å². The van der Waals surface area contributed by atoms with Gasteiger partial charge in [0.25, 0.3) is 5.56 Å². The number of carbonyl (C=O) groups is 1. The summed E-state index contributed by atoms with van der Waals surface area (Å²) in [5.41, 5.74) is 2.30. The number of carbonyl (C=O) groups excluding carboxylic acids is 1. The lowest BCUT2D eigenvalue weighted by Crippen LogP contribution is -2.16. The predicted octanol–water partition coefficient (Wildman–Crippen LogP) is 2.36. The van der Waals surface area contributed by atoms with E-state index in [1.54, 1.807) is 29.2 Å². The normalized spacial score (nSPS) is 10.5. The van der Waals surface area contributed by atoms with Gasteiger partial charge in [0.15, 0.2) is 0 Å². The van der Waals surface area contributed by atoms with Crippen LogP contribution in [-0.4, -0.2) is 20.3 Å². The van der Waals surface area contributed by atoms with Gasteiger partial charge in [-0.3, -0.25) is 14.2 Å². The highest BCUT2D eigenvalue weighted by Gasteiger charge is 2.07. The van der Waals surface area contributed by atoms with Gasteiger partial charge in [0.1, 0.15) is 0 Å². The molecular formula is C16H13N3O2. The van der Waals surface area contributed by atoms with Crippen LogP contribution >= 0.6 is 0 Å². The van der Waals surface area contributed by atoms with Crippen LogP contribution in [-0.2, 0) is 0 Å². The summed E-state index contributed by atoms with van der Waals surface area (Å²) in [4.78, 5) is 23.3. The third-order valence-corrected chi connectivity index (χ3v) is 3.18. The van der Waals surface area contributed by atoms with Crippen LogP contribution in [0.5, 0.6) is 0 Å². The molecule has 2 heterocycles. The third-order valence-electron chi connectivity index (χ3n) is 3.18. The Morgan fingerprint density at radius 2 is 1.76 bits per heavy atom. The molecule has 0 radical (unpaired) electrons. The van der Waals surface area contributed by atoms with Crippen molar-refractivity contribution in [3.8, 4) is 16.8 Å². The van der Waals surface area contributed by atoms with Gasteiger partial charge >= 0.3 is 0 Å². The molecule has 0 aliphatic rings. The first-order chi connectivity index (χ1) is 10.1. The van der Waals surface area contributed by atoms with Gasteiger partial charge in [0.2, 0.25) is 5.91 Å². The Morgan fingerprint density at radius 3 is 2.43 bits per heavy atom. The first-order valence-corrected chi connectivity index (χ1v) is 6.49. The zero-order valence-electron chi connectivity index (χ0n) is 11.4. The maximum Gasteiger partial charge on any atom is 0.255 e. The Balaban J connectivity index is 2.09. The molecule has 5 heteroatoms. The molecular weight excluding hydrogens is 266 g/mol. The van der Waals surface area contributed by atoms with Gasteiger partial charge in [-0.2, -0.15) is 5.10 Å².